The second-order valence-corrected chi connectivity index (χ2v) is 3.20. The van der Waals surface area contributed by atoms with Crippen LogP contribution in [0.1, 0.15) is 5.56 Å². The molecule has 0 aromatic heterocycles. The van der Waals surface area contributed by atoms with Gasteiger partial charge in [-0.25, -0.2) is 0 Å². The first kappa shape index (κ1) is 9.09. The van der Waals surface area contributed by atoms with Crippen LogP contribution in [0.3, 0.4) is 0 Å². The molecule has 14 heavy (non-hydrogen) atoms. The fraction of sp³-hybridized carbons (Fsp3) is 0.100. The quantitative estimate of drug-likeness (QED) is 0.555. The Kier molecular flexibility index (Phi) is 2.41. The number of halogens is 1. The highest BCUT2D eigenvalue weighted by Gasteiger charge is 2.12. The van der Waals surface area contributed by atoms with Crippen LogP contribution in [0.5, 0.6) is 11.5 Å². The van der Waals surface area contributed by atoms with Gasteiger partial charge >= 0.3 is 0 Å². The predicted molar refractivity (Wildman–Crippen MR) is 52.5 cm³/mol. The minimum absolute atomic E-state index is 0.156. The summed E-state index contributed by atoms with van der Waals surface area (Å²) in [6.45, 7) is 0.240. The van der Waals surface area contributed by atoms with Gasteiger partial charge in [-0.2, -0.15) is 0 Å². The van der Waals surface area contributed by atoms with Crippen LogP contribution in [0.4, 0.5) is 0 Å². The van der Waals surface area contributed by atoms with Gasteiger partial charge in [-0.3, -0.25) is 4.79 Å². The van der Waals surface area contributed by atoms with Gasteiger partial charge in [0.2, 0.25) is 6.79 Å². The first-order valence-electron chi connectivity index (χ1n) is 4.01. The third-order valence-corrected chi connectivity index (χ3v) is 2.01. The van der Waals surface area contributed by atoms with Gasteiger partial charge in [-0.15, -0.1) is 0 Å². The van der Waals surface area contributed by atoms with Gasteiger partial charge in [0, 0.05) is 0 Å². The topological polar surface area (TPSA) is 35.5 Å². The van der Waals surface area contributed by atoms with Crippen LogP contribution in [-0.4, -0.2) is 13.1 Å². The zero-order chi connectivity index (χ0) is 9.97. The van der Waals surface area contributed by atoms with Crippen molar-refractivity contribution in [2.75, 3.05) is 6.79 Å². The standard InChI is InChI=1S/C10H7ClO3/c11-8(5-12)3-7-1-2-9-10(4-7)14-6-13-9/h1-5H,6H2/b8-3-. The van der Waals surface area contributed by atoms with E-state index in [1.807, 2.05) is 0 Å². The van der Waals surface area contributed by atoms with Crippen LogP contribution in [-0.2, 0) is 4.79 Å². The molecule has 0 radical (unpaired) electrons. The Morgan fingerprint density at radius 1 is 1.36 bits per heavy atom. The average molecular weight is 211 g/mol. The number of allylic oxidation sites excluding steroid dienone is 1. The number of hydrogen-bond donors (Lipinski definition) is 0. The molecule has 0 saturated carbocycles. The van der Waals surface area contributed by atoms with Crippen LogP contribution >= 0.6 is 11.6 Å². The highest BCUT2D eigenvalue weighted by atomic mass is 35.5. The third kappa shape index (κ3) is 1.72. The lowest BCUT2D eigenvalue weighted by molar-refractivity contribution is -0.104. The molecule has 0 unspecified atom stereocenters. The highest BCUT2D eigenvalue weighted by Crippen LogP contribution is 2.33. The predicted octanol–water partition coefficient (Wildman–Crippen LogP) is 2.19. The molecule has 3 nitrogen and oxygen atoms in total. The van der Waals surface area contributed by atoms with Crippen molar-refractivity contribution < 1.29 is 14.3 Å². The lowest BCUT2D eigenvalue weighted by Gasteiger charge is -1.97. The van der Waals surface area contributed by atoms with E-state index in [2.05, 4.69) is 0 Å². The average Bonchev–Trinajstić information content (AvgIpc) is 2.64. The van der Waals surface area contributed by atoms with Crippen LogP contribution < -0.4 is 9.47 Å². The molecule has 0 spiro atoms. The number of fused-ring (bicyclic) bond motifs is 1. The van der Waals surface area contributed by atoms with E-state index in [1.54, 1.807) is 24.3 Å². The van der Waals surface area contributed by atoms with Crippen LogP contribution in [0.25, 0.3) is 6.08 Å². The number of rotatable bonds is 2. The summed E-state index contributed by atoms with van der Waals surface area (Å²) in [6.07, 6.45) is 2.16. The summed E-state index contributed by atoms with van der Waals surface area (Å²) in [4.78, 5) is 10.3. The van der Waals surface area contributed by atoms with Crippen molar-refractivity contribution in [2.45, 2.75) is 0 Å². The van der Waals surface area contributed by atoms with Gasteiger partial charge in [0.15, 0.2) is 17.8 Å². The molecule has 72 valence electrons. The zero-order valence-electron chi connectivity index (χ0n) is 7.20. The monoisotopic (exact) mass is 210 g/mol. The van der Waals surface area contributed by atoms with Gasteiger partial charge in [0.1, 0.15) is 0 Å². The number of ether oxygens (including phenoxy) is 2. The second kappa shape index (κ2) is 3.72. The van der Waals surface area contributed by atoms with Gasteiger partial charge in [0.25, 0.3) is 0 Å². The van der Waals surface area contributed by atoms with E-state index < -0.39 is 0 Å². The molecule has 0 bridgehead atoms. The molecule has 1 aromatic rings. The molecule has 2 rings (SSSR count). The Morgan fingerprint density at radius 3 is 2.93 bits per heavy atom. The summed E-state index contributed by atoms with van der Waals surface area (Å²) in [5, 5.41) is 0.156. The summed E-state index contributed by atoms with van der Waals surface area (Å²) in [5.74, 6) is 1.39. The summed E-state index contributed by atoms with van der Waals surface area (Å²) in [5.41, 5.74) is 0.811. The molecule has 1 aliphatic heterocycles. The lowest BCUT2D eigenvalue weighted by atomic mass is 10.2. The smallest absolute Gasteiger partial charge is 0.231 e. The molecule has 0 N–H and O–H groups in total. The van der Waals surface area contributed by atoms with Crippen molar-refractivity contribution in [3.63, 3.8) is 0 Å². The van der Waals surface area contributed by atoms with E-state index in [1.165, 1.54) is 0 Å². The number of carbonyl (C=O) groups excluding carboxylic acids is 1. The van der Waals surface area contributed by atoms with Crippen molar-refractivity contribution in [3.8, 4) is 11.5 Å². The fourth-order valence-corrected chi connectivity index (χ4v) is 1.32. The Hall–Kier alpha value is -1.48. The van der Waals surface area contributed by atoms with Gasteiger partial charge in [0.05, 0.1) is 5.03 Å². The van der Waals surface area contributed by atoms with Gasteiger partial charge in [-0.05, 0) is 23.8 Å². The summed E-state index contributed by atoms with van der Waals surface area (Å²) < 4.78 is 10.3. The number of carbonyl (C=O) groups is 1. The van der Waals surface area contributed by atoms with E-state index in [0.717, 1.165) is 5.56 Å². The molecule has 1 heterocycles. The molecule has 0 aliphatic carbocycles. The minimum Gasteiger partial charge on any atom is -0.454 e. The van der Waals surface area contributed by atoms with Crippen molar-refractivity contribution in [1.29, 1.82) is 0 Å². The van der Waals surface area contributed by atoms with E-state index in [9.17, 15) is 4.79 Å². The second-order valence-electron chi connectivity index (χ2n) is 2.76. The first-order chi connectivity index (χ1) is 6.79. The minimum atomic E-state index is 0.156. The Labute approximate surface area is 85.9 Å². The third-order valence-electron chi connectivity index (χ3n) is 1.81. The maximum atomic E-state index is 10.3. The first-order valence-corrected chi connectivity index (χ1v) is 4.39. The Bertz CT molecular complexity index is 398. The summed E-state index contributed by atoms with van der Waals surface area (Å²) in [7, 11) is 0. The Balaban J connectivity index is 2.33. The molecular formula is C10H7ClO3. The maximum absolute atomic E-state index is 10.3. The van der Waals surface area contributed by atoms with E-state index in [4.69, 9.17) is 21.1 Å². The molecule has 0 fully saturated rings. The molecule has 0 atom stereocenters. The molecule has 1 aliphatic rings. The van der Waals surface area contributed by atoms with Crippen molar-refractivity contribution in [2.24, 2.45) is 0 Å². The zero-order valence-corrected chi connectivity index (χ0v) is 7.95. The largest absolute Gasteiger partial charge is 0.454 e. The fourth-order valence-electron chi connectivity index (χ4n) is 1.20. The van der Waals surface area contributed by atoms with E-state index in [-0.39, 0.29) is 11.8 Å². The Morgan fingerprint density at radius 2 is 2.14 bits per heavy atom. The summed E-state index contributed by atoms with van der Waals surface area (Å²) >= 11 is 5.57. The van der Waals surface area contributed by atoms with Crippen molar-refractivity contribution in [3.05, 3.63) is 28.8 Å². The maximum Gasteiger partial charge on any atom is 0.231 e. The van der Waals surface area contributed by atoms with Crippen molar-refractivity contribution in [1.82, 2.24) is 0 Å². The normalized spacial score (nSPS) is 14.2. The van der Waals surface area contributed by atoms with E-state index in [0.29, 0.717) is 17.8 Å². The van der Waals surface area contributed by atoms with Crippen LogP contribution in [0.15, 0.2) is 23.2 Å². The molecule has 4 heteroatoms. The molecule has 0 saturated heterocycles. The molecule has 1 aromatic carbocycles. The molecular weight excluding hydrogens is 204 g/mol. The lowest BCUT2D eigenvalue weighted by Crippen LogP contribution is -1.92. The number of aldehydes is 1. The number of hydrogen-bond acceptors (Lipinski definition) is 3. The SMILES string of the molecule is O=C/C(Cl)=C/c1ccc2c(c1)OCO2. The summed E-state index contributed by atoms with van der Waals surface area (Å²) in [6, 6.07) is 5.36. The highest BCUT2D eigenvalue weighted by molar-refractivity contribution is 6.40. The van der Waals surface area contributed by atoms with Gasteiger partial charge < -0.3 is 9.47 Å². The molecule has 0 amide bonds. The van der Waals surface area contributed by atoms with Gasteiger partial charge in [-0.1, -0.05) is 17.7 Å². The van der Waals surface area contributed by atoms with Crippen LogP contribution in [0.2, 0.25) is 0 Å². The van der Waals surface area contributed by atoms with Crippen molar-refractivity contribution >= 4 is 24.0 Å². The van der Waals surface area contributed by atoms with E-state index >= 15 is 0 Å². The number of benzene rings is 1. The van der Waals surface area contributed by atoms with Crippen LogP contribution in [0, 0.1) is 0 Å².